The van der Waals surface area contributed by atoms with E-state index in [4.69, 9.17) is 11.2 Å². The summed E-state index contributed by atoms with van der Waals surface area (Å²) in [4.78, 5) is 0. The number of nitrogens with one attached hydrogen (secondary N) is 1. The van der Waals surface area contributed by atoms with Crippen molar-refractivity contribution in [2.75, 3.05) is 19.0 Å². The second-order valence-corrected chi connectivity index (χ2v) is 3.58. The predicted octanol–water partition coefficient (Wildman–Crippen LogP) is 2.89. The molecule has 1 aromatic rings. The van der Waals surface area contributed by atoms with Crippen LogP contribution in [0.5, 0.6) is 5.75 Å². The fourth-order valence-corrected chi connectivity index (χ4v) is 1.46. The molecule has 0 atom stereocenters. The Bertz CT molecular complexity index is 344. The average molecular weight is 254 g/mol. The van der Waals surface area contributed by atoms with Gasteiger partial charge in [-0.25, -0.2) is 0 Å². The first-order chi connectivity index (χ1) is 6.77. The van der Waals surface area contributed by atoms with E-state index in [1.54, 1.807) is 7.11 Å². The first-order valence-corrected chi connectivity index (χ1v) is 5.08. The normalized spacial score (nSPS) is 9.21. The third-order valence-electron chi connectivity index (χ3n) is 1.75. The molecule has 0 spiro atoms. The zero-order valence-corrected chi connectivity index (χ0v) is 9.60. The minimum absolute atomic E-state index is 0.721. The molecule has 0 radical (unpaired) electrons. The Morgan fingerprint density at radius 3 is 3.00 bits per heavy atom. The Hall–Kier alpha value is -1.14. The van der Waals surface area contributed by atoms with Gasteiger partial charge in [-0.2, -0.15) is 0 Å². The number of methoxy groups -OCH3 is 1. The molecule has 0 bridgehead atoms. The molecule has 14 heavy (non-hydrogen) atoms. The molecule has 0 unspecified atom stereocenters. The molecule has 0 aliphatic heterocycles. The molecule has 0 amide bonds. The summed E-state index contributed by atoms with van der Waals surface area (Å²) in [6.07, 6.45) is 5.87. The molecule has 0 saturated carbocycles. The van der Waals surface area contributed by atoms with E-state index in [-0.39, 0.29) is 0 Å². The van der Waals surface area contributed by atoms with E-state index in [1.165, 1.54) is 0 Å². The highest BCUT2D eigenvalue weighted by molar-refractivity contribution is 9.10. The van der Waals surface area contributed by atoms with Crippen LogP contribution in [0.3, 0.4) is 0 Å². The number of ether oxygens (including phenoxy) is 1. The van der Waals surface area contributed by atoms with Crippen molar-refractivity contribution in [2.45, 2.75) is 6.42 Å². The lowest BCUT2D eigenvalue weighted by atomic mass is 10.3. The minimum atomic E-state index is 0.721. The molecular weight excluding hydrogens is 242 g/mol. The number of hydrogen-bond acceptors (Lipinski definition) is 2. The summed E-state index contributed by atoms with van der Waals surface area (Å²) < 4.78 is 6.11. The molecule has 0 saturated heterocycles. The zero-order chi connectivity index (χ0) is 10.4. The number of anilines is 1. The molecule has 1 aromatic carbocycles. The first-order valence-electron chi connectivity index (χ1n) is 4.29. The van der Waals surface area contributed by atoms with Crippen molar-refractivity contribution in [3.63, 3.8) is 0 Å². The van der Waals surface area contributed by atoms with Gasteiger partial charge in [-0.15, -0.1) is 12.3 Å². The SMILES string of the molecule is C#CCCNc1ccc(Br)c(OC)c1. The Balaban J connectivity index is 2.65. The van der Waals surface area contributed by atoms with Gasteiger partial charge in [0.2, 0.25) is 0 Å². The molecule has 3 heteroatoms. The summed E-state index contributed by atoms with van der Waals surface area (Å²) in [6, 6.07) is 5.85. The van der Waals surface area contributed by atoms with Crippen LogP contribution in [-0.2, 0) is 0 Å². The zero-order valence-electron chi connectivity index (χ0n) is 8.01. The third kappa shape index (κ3) is 2.97. The minimum Gasteiger partial charge on any atom is -0.495 e. The number of halogens is 1. The second-order valence-electron chi connectivity index (χ2n) is 2.73. The fourth-order valence-electron chi connectivity index (χ4n) is 1.05. The van der Waals surface area contributed by atoms with Crippen molar-refractivity contribution in [1.29, 1.82) is 0 Å². The summed E-state index contributed by atoms with van der Waals surface area (Å²) in [6.45, 7) is 0.779. The van der Waals surface area contributed by atoms with Gasteiger partial charge in [0.25, 0.3) is 0 Å². The highest BCUT2D eigenvalue weighted by Crippen LogP contribution is 2.27. The maximum absolute atomic E-state index is 5.16. The largest absolute Gasteiger partial charge is 0.495 e. The van der Waals surface area contributed by atoms with E-state index in [1.807, 2.05) is 18.2 Å². The van der Waals surface area contributed by atoms with Gasteiger partial charge in [0.15, 0.2) is 0 Å². The summed E-state index contributed by atoms with van der Waals surface area (Å²) in [5, 5.41) is 3.20. The topological polar surface area (TPSA) is 21.3 Å². The van der Waals surface area contributed by atoms with Crippen molar-refractivity contribution >= 4 is 21.6 Å². The number of benzene rings is 1. The lowest BCUT2D eigenvalue weighted by molar-refractivity contribution is 0.412. The maximum Gasteiger partial charge on any atom is 0.135 e. The fraction of sp³-hybridized carbons (Fsp3) is 0.273. The molecular formula is C11H12BrNO. The number of rotatable bonds is 4. The maximum atomic E-state index is 5.16. The average Bonchev–Trinajstić information content (AvgIpc) is 2.21. The summed E-state index contributed by atoms with van der Waals surface area (Å²) in [7, 11) is 1.64. The van der Waals surface area contributed by atoms with E-state index in [2.05, 4.69) is 27.2 Å². The van der Waals surface area contributed by atoms with Crippen LogP contribution >= 0.6 is 15.9 Å². The van der Waals surface area contributed by atoms with Crippen LogP contribution in [0.2, 0.25) is 0 Å². The van der Waals surface area contributed by atoms with Crippen LogP contribution < -0.4 is 10.1 Å². The van der Waals surface area contributed by atoms with E-state index in [9.17, 15) is 0 Å². The van der Waals surface area contributed by atoms with Crippen molar-refractivity contribution in [3.05, 3.63) is 22.7 Å². The van der Waals surface area contributed by atoms with Crippen molar-refractivity contribution in [1.82, 2.24) is 0 Å². The van der Waals surface area contributed by atoms with E-state index in [0.29, 0.717) is 0 Å². The van der Waals surface area contributed by atoms with Crippen molar-refractivity contribution in [3.8, 4) is 18.1 Å². The third-order valence-corrected chi connectivity index (χ3v) is 2.40. The molecule has 1 N–H and O–H groups in total. The van der Waals surface area contributed by atoms with Crippen LogP contribution in [0.15, 0.2) is 22.7 Å². The Labute approximate surface area is 92.8 Å². The van der Waals surface area contributed by atoms with Gasteiger partial charge >= 0.3 is 0 Å². The number of hydrogen-bond donors (Lipinski definition) is 1. The summed E-state index contributed by atoms with van der Waals surface area (Å²) in [5.74, 6) is 3.39. The van der Waals surface area contributed by atoms with Gasteiger partial charge in [0, 0.05) is 24.7 Å². The van der Waals surface area contributed by atoms with Gasteiger partial charge in [0.05, 0.1) is 11.6 Å². The second kappa shape index (κ2) is 5.56. The van der Waals surface area contributed by atoms with E-state index >= 15 is 0 Å². The van der Waals surface area contributed by atoms with Crippen LogP contribution in [0, 0.1) is 12.3 Å². The predicted molar refractivity (Wildman–Crippen MR) is 62.6 cm³/mol. The van der Waals surface area contributed by atoms with Gasteiger partial charge in [-0.3, -0.25) is 0 Å². The molecule has 1 rings (SSSR count). The molecule has 0 fully saturated rings. The quantitative estimate of drug-likeness (QED) is 0.659. The molecule has 74 valence electrons. The lowest BCUT2D eigenvalue weighted by Crippen LogP contribution is -2.00. The van der Waals surface area contributed by atoms with Gasteiger partial charge in [-0.05, 0) is 28.1 Å². The van der Waals surface area contributed by atoms with Gasteiger partial charge in [0.1, 0.15) is 5.75 Å². The Morgan fingerprint density at radius 1 is 1.57 bits per heavy atom. The van der Waals surface area contributed by atoms with Crippen LogP contribution in [0.25, 0.3) is 0 Å². The van der Waals surface area contributed by atoms with Gasteiger partial charge < -0.3 is 10.1 Å². The number of terminal acetylenes is 1. The standard InChI is InChI=1S/C11H12BrNO/c1-3-4-7-13-9-5-6-10(12)11(8-9)14-2/h1,5-6,8,13H,4,7H2,2H3. The molecule has 0 aliphatic rings. The van der Waals surface area contributed by atoms with Crippen molar-refractivity contribution in [2.24, 2.45) is 0 Å². The molecule has 0 heterocycles. The molecule has 0 aromatic heterocycles. The smallest absolute Gasteiger partial charge is 0.135 e. The van der Waals surface area contributed by atoms with Crippen LogP contribution in [-0.4, -0.2) is 13.7 Å². The van der Waals surface area contributed by atoms with Gasteiger partial charge in [-0.1, -0.05) is 0 Å². The van der Waals surface area contributed by atoms with Crippen LogP contribution in [0.4, 0.5) is 5.69 Å². The van der Waals surface area contributed by atoms with E-state index in [0.717, 1.165) is 28.9 Å². The Kier molecular flexibility index (Phi) is 4.34. The first kappa shape index (κ1) is 10.9. The molecule has 2 nitrogen and oxygen atoms in total. The van der Waals surface area contributed by atoms with Crippen LogP contribution in [0.1, 0.15) is 6.42 Å². The molecule has 0 aliphatic carbocycles. The highest BCUT2D eigenvalue weighted by Gasteiger charge is 2.00. The highest BCUT2D eigenvalue weighted by atomic mass is 79.9. The Morgan fingerprint density at radius 2 is 2.36 bits per heavy atom. The summed E-state index contributed by atoms with van der Waals surface area (Å²) in [5.41, 5.74) is 1.01. The van der Waals surface area contributed by atoms with E-state index < -0.39 is 0 Å². The lowest BCUT2D eigenvalue weighted by Gasteiger charge is -2.07. The van der Waals surface area contributed by atoms with Crippen molar-refractivity contribution < 1.29 is 4.74 Å². The summed E-state index contributed by atoms with van der Waals surface area (Å²) >= 11 is 3.39. The monoisotopic (exact) mass is 253 g/mol.